The number of halogens is 1. The molecule has 4 aliphatic rings. The zero-order valence-corrected chi connectivity index (χ0v) is 24.3. The van der Waals surface area contributed by atoms with Crippen LogP contribution in [0.4, 0.5) is 10.1 Å². The molecule has 2 saturated carbocycles. The van der Waals surface area contributed by atoms with Gasteiger partial charge in [-0.2, -0.15) is 0 Å². The molecule has 4 atom stereocenters. The van der Waals surface area contributed by atoms with Crippen molar-refractivity contribution < 1.29 is 48.7 Å². The number of benzene rings is 1. The zero-order chi connectivity index (χ0) is 31.1. The number of piperazine rings is 1. The van der Waals surface area contributed by atoms with Crippen molar-refractivity contribution in [1.29, 1.82) is 0 Å². The topological polar surface area (TPSA) is 168 Å². The number of carboxylic acid groups (broad SMARTS) is 2. The zero-order valence-electron chi connectivity index (χ0n) is 24.3. The Labute approximate surface area is 250 Å². The van der Waals surface area contributed by atoms with Crippen molar-refractivity contribution in [2.24, 2.45) is 11.8 Å². The van der Waals surface area contributed by atoms with Crippen molar-refractivity contribution in [2.45, 2.75) is 76.1 Å². The number of aliphatic hydroxyl groups excluding tert-OH is 2. The minimum Gasteiger partial charge on any atom is -0.488 e. The first-order valence-corrected chi connectivity index (χ1v) is 15.1. The van der Waals surface area contributed by atoms with Gasteiger partial charge in [-0.05, 0) is 63.6 Å². The van der Waals surface area contributed by atoms with Crippen LogP contribution in [0.1, 0.15) is 57.8 Å². The van der Waals surface area contributed by atoms with Crippen LogP contribution >= 0.6 is 0 Å². The van der Waals surface area contributed by atoms with Gasteiger partial charge in [0.15, 0.2) is 0 Å². The van der Waals surface area contributed by atoms with Gasteiger partial charge < -0.3 is 30.1 Å². The van der Waals surface area contributed by atoms with Gasteiger partial charge in [0.05, 0.1) is 48.7 Å². The Morgan fingerprint density at radius 2 is 1.42 bits per heavy atom. The first-order valence-electron chi connectivity index (χ1n) is 15.1. The van der Waals surface area contributed by atoms with Crippen LogP contribution in [0, 0.1) is 17.7 Å². The predicted molar refractivity (Wildman–Crippen MR) is 152 cm³/mol. The number of aliphatic carboxylic acids is 2. The lowest BCUT2D eigenvalue weighted by molar-refractivity contribution is -0.143. The minimum absolute atomic E-state index is 0.154. The molecule has 2 aliphatic heterocycles. The van der Waals surface area contributed by atoms with Gasteiger partial charge in [-0.15, -0.1) is 0 Å². The molecule has 0 aromatic heterocycles. The largest absolute Gasteiger partial charge is 0.488 e. The lowest BCUT2D eigenvalue weighted by Gasteiger charge is -2.37. The average molecular weight is 608 g/mol. The molecule has 43 heavy (non-hydrogen) atoms. The number of anilines is 1. The number of carboxylic acids is 2. The minimum atomic E-state index is -1.08. The third-order valence-corrected chi connectivity index (χ3v) is 8.73. The molecule has 12 nitrogen and oxygen atoms in total. The van der Waals surface area contributed by atoms with Crippen LogP contribution in [0.15, 0.2) is 18.2 Å². The smallest absolute Gasteiger partial charge is 0.303 e. The van der Waals surface area contributed by atoms with Crippen LogP contribution in [-0.2, 0) is 19.2 Å². The fourth-order valence-corrected chi connectivity index (χ4v) is 6.34. The average Bonchev–Trinajstić information content (AvgIpc) is 3.56. The number of fused-ring (bicyclic) bond motifs is 1. The Balaban J connectivity index is 0.000000467. The lowest BCUT2D eigenvalue weighted by atomic mass is 9.78. The summed E-state index contributed by atoms with van der Waals surface area (Å²) in [7, 11) is 0. The van der Waals surface area contributed by atoms with Crippen molar-refractivity contribution >= 4 is 29.4 Å². The van der Waals surface area contributed by atoms with Crippen LogP contribution in [-0.4, -0.2) is 112 Å². The second-order valence-electron chi connectivity index (χ2n) is 11.8. The number of aliphatic hydroxyl groups is 2. The maximum Gasteiger partial charge on any atom is 0.303 e. The van der Waals surface area contributed by atoms with Crippen LogP contribution in [0.5, 0.6) is 5.75 Å². The Morgan fingerprint density at radius 1 is 0.860 bits per heavy atom. The molecule has 2 saturated heterocycles. The van der Waals surface area contributed by atoms with Gasteiger partial charge in [0, 0.05) is 38.8 Å². The lowest BCUT2D eigenvalue weighted by Crippen LogP contribution is -2.47. The summed E-state index contributed by atoms with van der Waals surface area (Å²) in [5.74, 6) is -3.09. The quantitative estimate of drug-likeness (QED) is 0.286. The van der Waals surface area contributed by atoms with Gasteiger partial charge in [0.1, 0.15) is 11.6 Å². The third kappa shape index (κ3) is 8.64. The van der Waals surface area contributed by atoms with E-state index in [1.54, 1.807) is 12.1 Å². The van der Waals surface area contributed by atoms with E-state index in [1.807, 2.05) is 0 Å². The Morgan fingerprint density at radius 3 is 1.95 bits per heavy atom. The number of amides is 2. The van der Waals surface area contributed by atoms with E-state index < -0.39 is 36.0 Å². The molecule has 4 N–H and O–H groups in total. The van der Waals surface area contributed by atoms with E-state index >= 15 is 0 Å². The van der Waals surface area contributed by atoms with E-state index in [1.165, 1.54) is 23.8 Å². The normalized spacial score (nSPS) is 26.2. The van der Waals surface area contributed by atoms with Crippen LogP contribution in [0.3, 0.4) is 0 Å². The van der Waals surface area contributed by atoms with Gasteiger partial charge in [0.25, 0.3) is 0 Å². The maximum atomic E-state index is 14.0. The second-order valence-corrected chi connectivity index (χ2v) is 11.8. The van der Waals surface area contributed by atoms with E-state index in [0.717, 1.165) is 57.0 Å². The summed E-state index contributed by atoms with van der Waals surface area (Å²) in [6.45, 7) is 4.26. The van der Waals surface area contributed by atoms with Crippen molar-refractivity contribution in [3.63, 3.8) is 0 Å². The Hall–Kier alpha value is -3.29. The number of ether oxygens (including phenoxy) is 1. The molecule has 1 aromatic rings. The molecule has 2 heterocycles. The van der Waals surface area contributed by atoms with Crippen molar-refractivity contribution in [2.75, 3.05) is 44.2 Å². The molecular formula is C30H42FN3O9. The van der Waals surface area contributed by atoms with Crippen molar-refractivity contribution in [3.05, 3.63) is 24.0 Å². The number of hydrogen-bond acceptors (Lipinski definition) is 9. The monoisotopic (exact) mass is 607 g/mol. The van der Waals surface area contributed by atoms with Gasteiger partial charge >= 0.3 is 11.9 Å². The molecule has 4 unspecified atom stereocenters. The summed E-state index contributed by atoms with van der Waals surface area (Å²) in [5, 5.41) is 35.6. The highest BCUT2D eigenvalue weighted by Crippen LogP contribution is 2.38. The fraction of sp³-hybridized carbons (Fsp3) is 0.667. The number of imide groups is 1. The van der Waals surface area contributed by atoms with Gasteiger partial charge in [-0.25, -0.2) is 4.39 Å². The third-order valence-electron chi connectivity index (χ3n) is 8.73. The van der Waals surface area contributed by atoms with E-state index in [9.17, 15) is 33.8 Å². The molecule has 0 radical (unpaired) electrons. The molecule has 13 heteroatoms. The molecule has 5 rings (SSSR count). The molecule has 1 aromatic carbocycles. The summed E-state index contributed by atoms with van der Waals surface area (Å²) >= 11 is 0. The van der Waals surface area contributed by atoms with Crippen LogP contribution in [0.25, 0.3) is 0 Å². The van der Waals surface area contributed by atoms with Crippen molar-refractivity contribution in [1.82, 2.24) is 9.80 Å². The summed E-state index contributed by atoms with van der Waals surface area (Å²) in [6, 6.07) is 4.77. The molecular weight excluding hydrogens is 565 g/mol. The van der Waals surface area contributed by atoms with Gasteiger partial charge in [0.2, 0.25) is 11.8 Å². The Kier molecular flexibility index (Phi) is 11.3. The molecule has 4 fully saturated rings. The number of carbonyl (C=O) groups is 4. The van der Waals surface area contributed by atoms with E-state index in [0.29, 0.717) is 13.0 Å². The molecule has 0 spiro atoms. The maximum absolute atomic E-state index is 14.0. The summed E-state index contributed by atoms with van der Waals surface area (Å²) in [5.41, 5.74) is 0.816. The number of rotatable bonds is 10. The first-order chi connectivity index (χ1) is 20.5. The molecule has 238 valence electrons. The predicted octanol–water partition coefficient (Wildman–Crippen LogP) is 1.71. The van der Waals surface area contributed by atoms with Gasteiger partial charge in [-0.3, -0.25) is 29.0 Å². The summed E-state index contributed by atoms with van der Waals surface area (Å²) < 4.78 is 20.3. The van der Waals surface area contributed by atoms with Gasteiger partial charge in [-0.1, -0.05) is 0 Å². The number of likely N-dealkylation sites (tertiary alicyclic amines) is 1. The SMILES string of the molecule is O=C(O)CCC(=O)O.O=C1C2CC(O)C(O)CC2C(=O)N1CCCN1CCN(c2cc(F)ccc2OC2CCCC2)CC1. The first kappa shape index (κ1) is 32.6. The van der Waals surface area contributed by atoms with E-state index in [4.69, 9.17) is 14.9 Å². The fourth-order valence-electron chi connectivity index (χ4n) is 6.34. The van der Waals surface area contributed by atoms with Crippen LogP contribution in [0.2, 0.25) is 0 Å². The number of carbonyl (C=O) groups excluding carboxylic acids is 2. The number of nitrogens with zero attached hydrogens (tertiary/aromatic N) is 3. The van der Waals surface area contributed by atoms with Crippen LogP contribution < -0.4 is 9.64 Å². The highest BCUT2D eigenvalue weighted by Gasteiger charge is 2.51. The van der Waals surface area contributed by atoms with E-state index in [2.05, 4.69) is 9.80 Å². The molecule has 2 amide bonds. The highest BCUT2D eigenvalue weighted by atomic mass is 19.1. The number of hydrogen-bond donors (Lipinski definition) is 4. The van der Waals surface area contributed by atoms with Crippen molar-refractivity contribution in [3.8, 4) is 5.75 Å². The molecule has 0 bridgehead atoms. The summed E-state index contributed by atoms with van der Waals surface area (Å²) in [4.78, 5) is 50.5. The summed E-state index contributed by atoms with van der Waals surface area (Å²) in [6.07, 6.45) is 3.19. The second kappa shape index (κ2) is 14.9. The molecule has 2 aliphatic carbocycles. The Bertz CT molecular complexity index is 1110. The highest BCUT2D eigenvalue weighted by molar-refractivity contribution is 6.05. The van der Waals surface area contributed by atoms with E-state index in [-0.39, 0.29) is 49.4 Å². The standard InChI is InChI=1S/C26H36FN3O5.C4H6O4/c27-17-6-7-24(35-18-4-1-2-5-18)21(14-17)29-12-10-28(11-13-29)8-3-9-30-25(33)19-15-22(31)23(32)16-20(19)26(30)34;5-3(6)1-2-4(7)8/h6-7,14,18-20,22-23,31-32H,1-5,8-13,15-16H2;1-2H2,(H,5,6)(H,7,8).